The Bertz CT molecular complexity index is 2620. The fraction of sp³-hybridized carbons (Fsp3) is 0.353. The number of imidazole rings is 2. The van der Waals surface area contributed by atoms with E-state index in [1.807, 2.05) is 61.4 Å². The summed E-state index contributed by atoms with van der Waals surface area (Å²) in [5.41, 5.74) is 6.13. The van der Waals surface area contributed by atoms with E-state index in [2.05, 4.69) is 9.97 Å². The number of carbonyl (C=O) groups is 3. The molecule has 16 heteroatoms. The molecule has 2 amide bonds. The van der Waals surface area contributed by atoms with Crippen molar-refractivity contribution in [1.29, 1.82) is 0 Å². The maximum absolute atomic E-state index is 13.3. The largest absolute Gasteiger partial charge is 0.495 e. The number of benzene rings is 4. The van der Waals surface area contributed by atoms with E-state index >= 15 is 0 Å². The van der Waals surface area contributed by atoms with Crippen LogP contribution < -0.4 is 9.47 Å². The molecule has 0 radical (unpaired) electrons. The van der Waals surface area contributed by atoms with Gasteiger partial charge in [0, 0.05) is 31.0 Å². The molecule has 1 N–H and O–H groups in total. The van der Waals surface area contributed by atoms with Crippen LogP contribution in [0.3, 0.4) is 0 Å². The van der Waals surface area contributed by atoms with Crippen LogP contribution >= 0.6 is 23.2 Å². The molecular weight excluding hydrogens is 901 g/mol. The summed E-state index contributed by atoms with van der Waals surface area (Å²) in [5, 5.41) is 11.3. The van der Waals surface area contributed by atoms with Crippen molar-refractivity contribution in [3.05, 3.63) is 155 Å². The topological polar surface area (TPSA) is 132 Å². The number of Topliss-reactive ketones (excluding diaryl/α,β-unsaturated/α-hetero) is 1. The summed E-state index contributed by atoms with van der Waals surface area (Å²) in [7, 11) is 3.13. The average molecular weight is 958 g/mol. The van der Waals surface area contributed by atoms with E-state index in [1.165, 1.54) is 24.3 Å². The maximum atomic E-state index is 13.3. The quantitative estimate of drug-likeness (QED) is 0.0729. The molecule has 0 spiro atoms. The molecule has 4 heterocycles. The van der Waals surface area contributed by atoms with Crippen LogP contribution in [-0.4, -0.2) is 84.3 Å². The van der Waals surface area contributed by atoms with Gasteiger partial charge in [-0.2, -0.15) is 0 Å². The molecule has 0 saturated carbocycles. The lowest BCUT2D eigenvalue weighted by molar-refractivity contribution is -0.145. The van der Waals surface area contributed by atoms with Gasteiger partial charge in [-0.3, -0.25) is 14.4 Å². The first-order valence-electron chi connectivity index (χ1n) is 22.0. The van der Waals surface area contributed by atoms with Crippen molar-refractivity contribution >= 4 is 40.8 Å². The Hall–Kier alpha value is -6.09. The zero-order chi connectivity index (χ0) is 48.4. The molecule has 2 aliphatic heterocycles. The van der Waals surface area contributed by atoms with Crippen LogP contribution in [0, 0.1) is 37.3 Å². The number of aryl methyl sites for hydroxylation is 2. The summed E-state index contributed by atoms with van der Waals surface area (Å²) in [6.45, 7) is 8.84. The lowest BCUT2D eigenvalue weighted by Crippen LogP contribution is -2.45. The number of aromatic nitrogens is 4. The van der Waals surface area contributed by atoms with Crippen LogP contribution in [0.4, 0.5) is 8.78 Å². The third-order valence-electron chi connectivity index (χ3n) is 12.3. The Morgan fingerprint density at radius 2 is 1.15 bits per heavy atom. The lowest BCUT2D eigenvalue weighted by atomic mass is 9.86. The minimum Gasteiger partial charge on any atom is -0.495 e. The second kappa shape index (κ2) is 23.1. The predicted octanol–water partition coefficient (Wildman–Crippen LogP) is 10.3. The molecule has 0 bridgehead atoms. The Kier molecular flexibility index (Phi) is 17.3. The first kappa shape index (κ1) is 50.3. The highest BCUT2D eigenvalue weighted by Crippen LogP contribution is 2.37. The molecule has 354 valence electrons. The predicted molar refractivity (Wildman–Crippen MR) is 254 cm³/mol. The minimum absolute atomic E-state index is 0.0890. The van der Waals surface area contributed by atoms with Crippen molar-refractivity contribution in [2.45, 2.75) is 71.6 Å². The number of likely N-dealkylation sites (tertiary alicyclic amines) is 2. The SMILES string of the molecule is COc1cc(C(=O)C2CCCN(C(C)c3ccc(F)cc3)C2=O)ccc1-n1cnc(C)c1.COc1cc(C(O)C2CCCN(C(C)c3ccc(F)cc3)C2=O)ccc1-n1cnc(C)c1.ClCCl. The smallest absolute Gasteiger partial charge is 0.234 e. The standard InChI is InChI=1S/C25H28FN3O3.C25H26FN3O3.CH2Cl2/c2*1-16-14-28(15-27-16)22-11-8-19(13-23(22)32-3)24(30)21-5-4-12-29(25(21)31)17(2)18-6-9-20(26)10-7-18;2-1-3/h6-11,13-15,17,21,24,30H,4-5,12H2,1-3H3;6-11,13-15,17,21H,4-5,12H2,1-3H3;1H2. The zero-order valence-electron chi connectivity index (χ0n) is 38.4. The summed E-state index contributed by atoms with van der Waals surface area (Å²) in [6.07, 6.45) is 8.87. The molecule has 8 rings (SSSR count). The molecule has 4 aromatic carbocycles. The maximum Gasteiger partial charge on any atom is 0.234 e. The molecule has 2 aliphatic rings. The molecule has 67 heavy (non-hydrogen) atoms. The minimum atomic E-state index is -0.946. The Morgan fingerprint density at radius 3 is 1.63 bits per heavy atom. The van der Waals surface area contributed by atoms with E-state index in [4.69, 9.17) is 32.7 Å². The summed E-state index contributed by atoms with van der Waals surface area (Å²) in [5.74, 6) is -1.26. The number of rotatable bonds is 12. The van der Waals surface area contributed by atoms with Gasteiger partial charge in [0.25, 0.3) is 0 Å². The van der Waals surface area contributed by atoms with E-state index in [1.54, 1.807) is 85.2 Å². The van der Waals surface area contributed by atoms with Crippen molar-refractivity contribution in [1.82, 2.24) is 28.9 Å². The van der Waals surface area contributed by atoms with Gasteiger partial charge >= 0.3 is 0 Å². The zero-order valence-corrected chi connectivity index (χ0v) is 39.9. The summed E-state index contributed by atoms with van der Waals surface area (Å²) >= 11 is 9.53. The third-order valence-corrected chi connectivity index (χ3v) is 12.3. The number of nitrogens with zero attached hydrogens (tertiary/aromatic N) is 6. The highest BCUT2D eigenvalue weighted by molar-refractivity contribution is 6.40. The number of hydrogen-bond donors (Lipinski definition) is 1. The van der Waals surface area contributed by atoms with E-state index in [0.29, 0.717) is 48.6 Å². The number of piperidine rings is 2. The van der Waals surface area contributed by atoms with Crippen molar-refractivity contribution in [2.24, 2.45) is 11.8 Å². The number of halogens is 4. The van der Waals surface area contributed by atoms with Crippen LogP contribution in [-0.2, 0) is 9.59 Å². The van der Waals surface area contributed by atoms with Crippen LogP contribution in [0.1, 0.15) is 96.2 Å². The van der Waals surface area contributed by atoms with Gasteiger partial charge in [-0.15, -0.1) is 23.2 Å². The average Bonchev–Trinajstić information content (AvgIpc) is 3.98. The van der Waals surface area contributed by atoms with Crippen molar-refractivity contribution in [3.8, 4) is 22.9 Å². The number of hydrogen-bond acceptors (Lipinski definition) is 8. The van der Waals surface area contributed by atoms with Crippen molar-refractivity contribution in [3.63, 3.8) is 0 Å². The molecular formula is C51H56Cl2F2N6O6. The fourth-order valence-electron chi connectivity index (χ4n) is 8.65. The van der Waals surface area contributed by atoms with Gasteiger partial charge in [0.1, 0.15) is 29.1 Å². The highest BCUT2D eigenvalue weighted by atomic mass is 35.5. The number of alkyl halides is 2. The molecule has 2 saturated heterocycles. The van der Waals surface area contributed by atoms with Crippen LogP contribution in [0.5, 0.6) is 11.5 Å². The molecule has 0 aliphatic carbocycles. The van der Waals surface area contributed by atoms with Gasteiger partial charge in [0.15, 0.2) is 5.78 Å². The van der Waals surface area contributed by atoms with E-state index in [9.17, 15) is 28.3 Å². The third kappa shape index (κ3) is 11.9. The van der Waals surface area contributed by atoms with Gasteiger partial charge in [0.2, 0.25) is 11.8 Å². The monoisotopic (exact) mass is 956 g/mol. The van der Waals surface area contributed by atoms with E-state index < -0.39 is 17.9 Å². The first-order valence-corrected chi connectivity index (χ1v) is 23.1. The number of carbonyl (C=O) groups excluding carboxylic acids is 3. The first-order chi connectivity index (χ1) is 32.2. The highest BCUT2D eigenvalue weighted by Gasteiger charge is 2.38. The second-order valence-corrected chi connectivity index (χ2v) is 17.3. The molecule has 6 aromatic rings. The van der Waals surface area contributed by atoms with E-state index in [-0.39, 0.29) is 46.7 Å². The summed E-state index contributed by atoms with van der Waals surface area (Å²) < 4.78 is 41.3. The van der Waals surface area contributed by atoms with Crippen LogP contribution in [0.15, 0.2) is 110 Å². The van der Waals surface area contributed by atoms with Gasteiger partial charge in [-0.1, -0.05) is 30.3 Å². The molecule has 2 fully saturated rings. The number of aliphatic hydroxyl groups excluding tert-OH is 1. The Balaban J connectivity index is 0.000000209. The van der Waals surface area contributed by atoms with Gasteiger partial charge in [-0.05, 0) is 125 Å². The molecule has 2 aromatic heterocycles. The number of ketones is 1. The van der Waals surface area contributed by atoms with Gasteiger partial charge < -0.3 is 33.5 Å². The van der Waals surface area contributed by atoms with Crippen LogP contribution in [0.2, 0.25) is 0 Å². The molecule has 5 unspecified atom stereocenters. The normalized spacial score (nSPS) is 17.4. The molecule has 5 atom stereocenters. The second-order valence-electron chi connectivity index (χ2n) is 16.5. The van der Waals surface area contributed by atoms with Gasteiger partial charge in [-0.25, -0.2) is 18.7 Å². The number of ether oxygens (including phenoxy) is 2. The van der Waals surface area contributed by atoms with Crippen LogP contribution in [0.25, 0.3) is 11.4 Å². The lowest BCUT2D eigenvalue weighted by Gasteiger charge is -2.38. The van der Waals surface area contributed by atoms with Gasteiger partial charge in [0.05, 0.1) is 79.1 Å². The number of amides is 2. The van der Waals surface area contributed by atoms with Crippen molar-refractivity contribution in [2.75, 3.05) is 32.6 Å². The summed E-state index contributed by atoms with van der Waals surface area (Å²) in [4.78, 5) is 51.9. The number of aliphatic hydroxyl groups is 1. The van der Waals surface area contributed by atoms with Crippen molar-refractivity contribution < 1.29 is 37.7 Å². The fourth-order valence-corrected chi connectivity index (χ4v) is 8.65. The molecule has 12 nitrogen and oxygen atoms in total. The number of methoxy groups -OCH3 is 2. The summed E-state index contributed by atoms with van der Waals surface area (Å²) in [6, 6.07) is 22.6. The Labute approximate surface area is 400 Å². The Morgan fingerprint density at radius 1 is 0.701 bits per heavy atom. The van der Waals surface area contributed by atoms with E-state index in [0.717, 1.165) is 46.7 Å².